The zero-order chi connectivity index (χ0) is 5.15. The molecule has 0 aromatic heterocycles. The molecule has 0 N–H and O–H groups in total. The molecular weight excluding hydrogens is 161 g/mol. The molecule has 0 spiro atoms. The van der Waals surface area contributed by atoms with E-state index in [-0.39, 0.29) is 22.9 Å². The van der Waals surface area contributed by atoms with Gasteiger partial charge in [0, 0.05) is 6.15 Å². The number of hydrogen-bond donors (Lipinski definition) is 0. The molecule has 46 valence electrons. The first-order valence-corrected chi connectivity index (χ1v) is 1.07. The van der Waals surface area contributed by atoms with Gasteiger partial charge in [0.2, 0.25) is 0 Å². The molecule has 0 fully saturated rings. The fraction of sp³-hybridized carbons (Fsp3) is 0. The Bertz CT molecular complexity index is 80.0. The van der Waals surface area contributed by atoms with Gasteiger partial charge in [0.1, 0.15) is 0 Å². The molecule has 6 heteroatoms. The molecule has 0 rings (SSSR count). The third-order valence-electron chi connectivity index (χ3n) is 0.167. The molecule has 0 bridgehead atoms. The molecular formula is C2CoNO4. The minimum Gasteiger partial charge on any atom is -0.543 e. The summed E-state index contributed by atoms with van der Waals surface area (Å²) in [5.74, 6) is -4.37. The maximum atomic E-state index is 8.93. The van der Waals surface area contributed by atoms with Gasteiger partial charge in [-0.05, 0) is 0 Å². The predicted molar refractivity (Wildman–Crippen MR) is 12.1 cm³/mol. The molecule has 0 aliphatic rings. The average Bonchev–Trinajstić information content (AvgIpc) is 1.36. The van der Waals surface area contributed by atoms with Crippen LogP contribution in [0.2, 0.25) is 0 Å². The standard InChI is InChI=1S/C2H2O4.Co.N/c3-1(4)2(5)6;;/h(H,3,4)(H,5,6);;/q;+2;/p-2. The van der Waals surface area contributed by atoms with Gasteiger partial charge in [0.15, 0.2) is 0 Å². The minimum atomic E-state index is -2.19. The van der Waals surface area contributed by atoms with Crippen molar-refractivity contribution in [1.29, 1.82) is 0 Å². The maximum absolute atomic E-state index is 8.93. The van der Waals surface area contributed by atoms with Crippen LogP contribution in [0.1, 0.15) is 0 Å². The molecule has 0 saturated carbocycles. The molecule has 0 saturated heterocycles. The molecule has 0 unspecified atom stereocenters. The van der Waals surface area contributed by atoms with Crippen LogP contribution in [-0.2, 0) is 26.4 Å². The summed E-state index contributed by atoms with van der Waals surface area (Å²) in [5, 5.41) is 17.9. The van der Waals surface area contributed by atoms with E-state index in [0.717, 1.165) is 0 Å². The Hall–Kier alpha value is -0.594. The van der Waals surface area contributed by atoms with Crippen molar-refractivity contribution in [2.24, 2.45) is 0 Å². The summed E-state index contributed by atoms with van der Waals surface area (Å²) in [5.41, 5.74) is 0. The minimum absolute atomic E-state index is 0. The van der Waals surface area contributed by atoms with Crippen LogP contribution in [0.5, 0.6) is 0 Å². The van der Waals surface area contributed by atoms with Crippen molar-refractivity contribution in [3.8, 4) is 0 Å². The first-order valence-electron chi connectivity index (χ1n) is 1.07. The van der Waals surface area contributed by atoms with Crippen molar-refractivity contribution in [3.63, 3.8) is 0 Å². The Labute approximate surface area is 55.5 Å². The van der Waals surface area contributed by atoms with Gasteiger partial charge < -0.3 is 19.8 Å². The van der Waals surface area contributed by atoms with Gasteiger partial charge in [-0.1, -0.05) is 0 Å². The number of carboxylic acid groups (broad SMARTS) is 2. The van der Waals surface area contributed by atoms with Crippen LogP contribution in [0, 0.1) is 0 Å². The van der Waals surface area contributed by atoms with Crippen molar-refractivity contribution >= 4 is 11.9 Å². The second-order valence-corrected chi connectivity index (χ2v) is 0.575. The van der Waals surface area contributed by atoms with E-state index in [1.807, 2.05) is 0 Å². The van der Waals surface area contributed by atoms with Crippen LogP contribution < -0.4 is 16.4 Å². The van der Waals surface area contributed by atoms with Gasteiger partial charge >= 0.3 is 16.8 Å². The summed E-state index contributed by atoms with van der Waals surface area (Å²) in [6.07, 6.45) is 0. The third-order valence-corrected chi connectivity index (χ3v) is 0.167. The SMILES string of the molecule is O=C([O-])C(=O)[O-].[Co+2].[N]. The predicted octanol–water partition coefficient (Wildman–Crippen LogP) is -4.00. The molecule has 0 aliphatic heterocycles. The van der Waals surface area contributed by atoms with E-state index in [4.69, 9.17) is 19.8 Å². The Morgan fingerprint density at radius 3 is 1.12 bits per heavy atom. The van der Waals surface area contributed by atoms with E-state index < -0.39 is 11.9 Å². The molecule has 0 aromatic carbocycles. The molecule has 0 heterocycles. The Kier molecular flexibility index (Phi) is 12.5. The van der Waals surface area contributed by atoms with Gasteiger partial charge in [-0.3, -0.25) is 0 Å². The number of hydrogen-bond acceptors (Lipinski definition) is 4. The number of carbonyl (C=O) groups excluding carboxylic acids is 2. The number of rotatable bonds is 0. The van der Waals surface area contributed by atoms with E-state index in [9.17, 15) is 0 Å². The van der Waals surface area contributed by atoms with Crippen molar-refractivity contribution in [3.05, 3.63) is 0 Å². The van der Waals surface area contributed by atoms with Crippen molar-refractivity contribution in [2.45, 2.75) is 0 Å². The molecule has 0 amide bonds. The largest absolute Gasteiger partial charge is 2.00 e. The van der Waals surface area contributed by atoms with Gasteiger partial charge in [0.05, 0.1) is 11.9 Å². The molecule has 5 nitrogen and oxygen atoms in total. The van der Waals surface area contributed by atoms with Crippen molar-refractivity contribution < 1.29 is 36.6 Å². The topological polar surface area (TPSA) is 111 Å². The maximum Gasteiger partial charge on any atom is 2.00 e. The van der Waals surface area contributed by atoms with Crippen LogP contribution >= 0.6 is 0 Å². The second kappa shape index (κ2) is 6.41. The zero-order valence-corrected chi connectivity index (χ0v) is 4.45. The van der Waals surface area contributed by atoms with Gasteiger partial charge in [-0.25, -0.2) is 0 Å². The normalized spacial score (nSPS) is 5.50. The number of nitrogens with zero attached hydrogens (tertiary/aromatic N) is 1. The molecule has 0 atom stereocenters. The third kappa shape index (κ3) is 9.05. The number of aliphatic carboxylic acids is 2. The summed E-state index contributed by atoms with van der Waals surface area (Å²) < 4.78 is 0. The summed E-state index contributed by atoms with van der Waals surface area (Å²) in [6, 6.07) is 0. The van der Waals surface area contributed by atoms with E-state index in [1.165, 1.54) is 0 Å². The van der Waals surface area contributed by atoms with E-state index in [1.54, 1.807) is 0 Å². The van der Waals surface area contributed by atoms with E-state index >= 15 is 0 Å². The summed E-state index contributed by atoms with van der Waals surface area (Å²) >= 11 is 0. The van der Waals surface area contributed by atoms with Crippen LogP contribution in [0.25, 0.3) is 0 Å². The smallest absolute Gasteiger partial charge is 0.543 e. The monoisotopic (exact) mass is 161 g/mol. The molecule has 0 aromatic rings. The van der Waals surface area contributed by atoms with Crippen LogP contribution in [0.15, 0.2) is 0 Å². The number of carboxylic acids is 2. The van der Waals surface area contributed by atoms with Gasteiger partial charge in [-0.15, -0.1) is 0 Å². The summed E-state index contributed by atoms with van der Waals surface area (Å²) in [7, 11) is 0. The first kappa shape index (κ1) is 15.7. The number of carbonyl (C=O) groups is 2. The fourth-order valence-corrected chi connectivity index (χ4v) is 0. The summed E-state index contributed by atoms with van der Waals surface area (Å²) in [6.45, 7) is 0. The fourth-order valence-electron chi connectivity index (χ4n) is 0. The quantitative estimate of drug-likeness (QED) is 0.337. The molecule has 8 heavy (non-hydrogen) atoms. The average molecular weight is 161 g/mol. The summed E-state index contributed by atoms with van der Waals surface area (Å²) in [4.78, 5) is 17.9. The van der Waals surface area contributed by atoms with Crippen LogP contribution in [0.3, 0.4) is 0 Å². The van der Waals surface area contributed by atoms with E-state index in [0.29, 0.717) is 0 Å². The Morgan fingerprint density at radius 1 is 1.00 bits per heavy atom. The second-order valence-electron chi connectivity index (χ2n) is 0.575. The zero-order valence-electron chi connectivity index (χ0n) is 3.41. The Balaban J connectivity index is -0.000000125. The molecule has 0 aliphatic carbocycles. The molecule has 4 radical (unpaired) electrons. The van der Waals surface area contributed by atoms with Crippen molar-refractivity contribution in [2.75, 3.05) is 0 Å². The first-order chi connectivity index (χ1) is 2.64. The van der Waals surface area contributed by atoms with Crippen LogP contribution in [0.4, 0.5) is 0 Å². The van der Waals surface area contributed by atoms with Gasteiger partial charge in [0.25, 0.3) is 0 Å². The van der Waals surface area contributed by atoms with E-state index in [2.05, 4.69) is 0 Å². The van der Waals surface area contributed by atoms with Crippen molar-refractivity contribution in [1.82, 2.24) is 6.15 Å². The van der Waals surface area contributed by atoms with Crippen LogP contribution in [-0.4, -0.2) is 11.9 Å². The van der Waals surface area contributed by atoms with Gasteiger partial charge in [-0.2, -0.15) is 0 Å². The Morgan fingerprint density at radius 2 is 1.12 bits per heavy atom.